The number of rotatable bonds is 2. The molecule has 0 bridgehead atoms. The van der Waals surface area contributed by atoms with Crippen molar-refractivity contribution < 1.29 is 9.72 Å². The second-order valence-corrected chi connectivity index (χ2v) is 4.98. The van der Waals surface area contributed by atoms with Gasteiger partial charge in [-0.25, -0.2) is 0 Å². The van der Waals surface area contributed by atoms with E-state index in [4.69, 9.17) is 17.3 Å². The molecule has 0 unspecified atom stereocenters. The summed E-state index contributed by atoms with van der Waals surface area (Å²) in [6, 6.07) is 3.82. The molecule has 1 atom stereocenters. The first kappa shape index (κ1) is 13.8. The predicted molar refractivity (Wildman–Crippen MR) is 71.2 cm³/mol. The van der Waals surface area contributed by atoms with E-state index in [1.165, 1.54) is 18.2 Å². The molecule has 2 N–H and O–H groups in total. The minimum Gasteiger partial charge on any atom is -0.337 e. The molecule has 0 spiro atoms. The van der Waals surface area contributed by atoms with Crippen LogP contribution in [0.1, 0.15) is 23.2 Å². The molecule has 0 saturated carbocycles. The maximum absolute atomic E-state index is 12.3. The second kappa shape index (κ2) is 5.54. The topological polar surface area (TPSA) is 89.5 Å². The van der Waals surface area contributed by atoms with Gasteiger partial charge in [0.05, 0.1) is 15.5 Å². The zero-order chi connectivity index (χ0) is 14.0. The number of hydrogen-bond acceptors (Lipinski definition) is 4. The Balaban J connectivity index is 2.27. The number of nitro groups is 1. The zero-order valence-electron chi connectivity index (χ0n) is 10.2. The molecule has 102 valence electrons. The molecule has 6 nitrogen and oxygen atoms in total. The lowest BCUT2D eigenvalue weighted by Crippen LogP contribution is -2.45. The number of carbonyl (C=O) groups is 1. The molecule has 19 heavy (non-hydrogen) atoms. The Morgan fingerprint density at radius 1 is 1.53 bits per heavy atom. The fourth-order valence-electron chi connectivity index (χ4n) is 2.16. The Morgan fingerprint density at radius 2 is 2.26 bits per heavy atom. The zero-order valence-corrected chi connectivity index (χ0v) is 11.0. The van der Waals surface area contributed by atoms with Crippen LogP contribution < -0.4 is 5.73 Å². The van der Waals surface area contributed by atoms with Gasteiger partial charge in [0.25, 0.3) is 11.6 Å². The van der Waals surface area contributed by atoms with Gasteiger partial charge in [-0.3, -0.25) is 14.9 Å². The minimum absolute atomic E-state index is 0.0461. The Labute approximate surface area is 115 Å². The van der Waals surface area contributed by atoms with Crippen molar-refractivity contribution in [2.75, 3.05) is 13.1 Å². The molecular formula is C12H14ClN3O3. The van der Waals surface area contributed by atoms with Crippen LogP contribution in [-0.4, -0.2) is 34.9 Å². The smallest absolute Gasteiger partial charge is 0.270 e. The van der Waals surface area contributed by atoms with E-state index in [1.54, 1.807) is 4.90 Å². The lowest BCUT2D eigenvalue weighted by molar-refractivity contribution is -0.384. The highest BCUT2D eigenvalue weighted by atomic mass is 35.5. The van der Waals surface area contributed by atoms with Crippen LogP contribution in [0.3, 0.4) is 0 Å². The van der Waals surface area contributed by atoms with Crippen LogP contribution in [0.15, 0.2) is 18.2 Å². The summed E-state index contributed by atoms with van der Waals surface area (Å²) < 4.78 is 0. The van der Waals surface area contributed by atoms with Crippen LogP contribution in [0.5, 0.6) is 0 Å². The number of halogens is 1. The summed E-state index contributed by atoms with van der Waals surface area (Å²) in [6.07, 6.45) is 1.71. The summed E-state index contributed by atoms with van der Waals surface area (Å²) in [6.45, 7) is 1.06. The van der Waals surface area contributed by atoms with Crippen molar-refractivity contribution in [3.8, 4) is 0 Å². The van der Waals surface area contributed by atoms with Crippen molar-refractivity contribution in [1.29, 1.82) is 0 Å². The maximum atomic E-state index is 12.3. The Kier molecular flexibility index (Phi) is 4.01. The van der Waals surface area contributed by atoms with Crippen molar-refractivity contribution in [1.82, 2.24) is 4.90 Å². The minimum atomic E-state index is -0.547. The van der Waals surface area contributed by atoms with E-state index < -0.39 is 4.92 Å². The van der Waals surface area contributed by atoms with E-state index in [2.05, 4.69) is 0 Å². The maximum Gasteiger partial charge on any atom is 0.270 e. The van der Waals surface area contributed by atoms with Gasteiger partial charge < -0.3 is 10.6 Å². The van der Waals surface area contributed by atoms with E-state index in [0.29, 0.717) is 13.1 Å². The molecule has 7 heteroatoms. The molecule has 1 heterocycles. The number of amides is 1. The molecule has 1 saturated heterocycles. The normalized spacial score (nSPS) is 19.3. The van der Waals surface area contributed by atoms with Crippen molar-refractivity contribution in [3.05, 3.63) is 38.9 Å². The molecule has 2 rings (SSSR count). The number of nitrogens with zero attached hydrogens (tertiary/aromatic N) is 2. The molecule has 1 amide bonds. The van der Waals surface area contributed by atoms with Crippen LogP contribution in [0.2, 0.25) is 5.02 Å². The highest BCUT2D eigenvalue weighted by Gasteiger charge is 2.25. The number of nitro benzene ring substituents is 1. The van der Waals surface area contributed by atoms with Crippen LogP contribution >= 0.6 is 11.6 Å². The number of hydrogen-bond donors (Lipinski definition) is 1. The summed E-state index contributed by atoms with van der Waals surface area (Å²) in [5.74, 6) is -0.302. The molecule has 0 aliphatic carbocycles. The molecule has 1 aromatic carbocycles. The first-order valence-corrected chi connectivity index (χ1v) is 6.35. The van der Waals surface area contributed by atoms with Crippen LogP contribution in [0.4, 0.5) is 5.69 Å². The Bertz CT molecular complexity index is 521. The van der Waals surface area contributed by atoms with Gasteiger partial charge in [0.2, 0.25) is 0 Å². The number of likely N-dealkylation sites (tertiary alicyclic amines) is 1. The summed E-state index contributed by atoms with van der Waals surface area (Å²) in [5.41, 5.74) is 5.84. The first-order valence-electron chi connectivity index (χ1n) is 5.98. The number of nitrogens with two attached hydrogens (primary N) is 1. The number of carbonyl (C=O) groups excluding carboxylic acids is 1. The third kappa shape index (κ3) is 3.02. The average molecular weight is 284 g/mol. The molecule has 1 aliphatic rings. The predicted octanol–water partition coefficient (Wildman–Crippen LogP) is 1.81. The van der Waals surface area contributed by atoms with Crippen molar-refractivity contribution in [2.24, 2.45) is 5.73 Å². The monoisotopic (exact) mass is 283 g/mol. The van der Waals surface area contributed by atoms with Crippen LogP contribution in [0.25, 0.3) is 0 Å². The fourth-order valence-corrected chi connectivity index (χ4v) is 2.35. The molecular weight excluding hydrogens is 270 g/mol. The quantitative estimate of drug-likeness (QED) is 0.662. The summed E-state index contributed by atoms with van der Waals surface area (Å²) in [5, 5.41) is 11.0. The third-order valence-electron chi connectivity index (χ3n) is 3.14. The van der Waals surface area contributed by atoms with Gasteiger partial charge in [0.15, 0.2) is 0 Å². The van der Waals surface area contributed by atoms with E-state index in [9.17, 15) is 14.9 Å². The first-order chi connectivity index (χ1) is 8.99. The lowest BCUT2D eigenvalue weighted by Gasteiger charge is -2.31. The van der Waals surface area contributed by atoms with Gasteiger partial charge in [0.1, 0.15) is 0 Å². The van der Waals surface area contributed by atoms with E-state index in [-0.39, 0.29) is 28.2 Å². The second-order valence-electron chi connectivity index (χ2n) is 4.57. The van der Waals surface area contributed by atoms with Crippen molar-refractivity contribution in [2.45, 2.75) is 18.9 Å². The number of piperidine rings is 1. The summed E-state index contributed by atoms with van der Waals surface area (Å²) in [7, 11) is 0. The van der Waals surface area contributed by atoms with Gasteiger partial charge >= 0.3 is 0 Å². The van der Waals surface area contributed by atoms with Crippen molar-refractivity contribution in [3.63, 3.8) is 0 Å². The van der Waals surface area contributed by atoms with Gasteiger partial charge in [-0.05, 0) is 18.9 Å². The van der Waals surface area contributed by atoms with E-state index >= 15 is 0 Å². The fraction of sp³-hybridized carbons (Fsp3) is 0.417. The summed E-state index contributed by atoms with van der Waals surface area (Å²) in [4.78, 5) is 24.1. The largest absolute Gasteiger partial charge is 0.337 e. The average Bonchev–Trinajstić information content (AvgIpc) is 2.38. The van der Waals surface area contributed by atoms with Gasteiger partial charge in [0, 0.05) is 31.3 Å². The SMILES string of the molecule is N[C@@H]1CCCN(C(=O)c2cc([N+](=O)[O-])ccc2Cl)C1. The number of non-ortho nitro benzene ring substituents is 1. The standard InChI is InChI=1S/C12H14ClN3O3/c13-11-4-3-9(16(18)19)6-10(11)12(17)15-5-1-2-8(14)7-15/h3-4,6,8H,1-2,5,7,14H2/t8-/m1/s1. The van der Waals surface area contributed by atoms with Crippen LogP contribution in [0, 0.1) is 10.1 Å². The highest BCUT2D eigenvalue weighted by Crippen LogP contribution is 2.24. The third-order valence-corrected chi connectivity index (χ3v) is 3.47. The van der Waals surface area contributed by atoms with Gasteiger partial charge in [-0.2, -0.15) is 0 Å². The molecule has 0 radical (unpaired) electrons. The van der Waals surface area contributed by atoms with Gasteiger partial charge in [-0.15, -0.1) is 0 Å². The van der Waals surface area contributed by atoms with Crippen LogP contribution in [-0.2, 0) is 0 Å². The van der Waals surface area contributed by atoms with Crippen molar-refractivity contribution >= 4 is 23.2 Å². The molecule has 1 fully saturated rings. The highest BCUT2D eigenvalue weighted by molar-refractivity contribution is 6.33. The Hall–Kier alpha value is -1.66. The van der Waals surface area contributed by atoms with Gasteiger partial charge in [-0.1, -0.05) is 11.6 Å². The summed E-state index contributed by atoms with van der Waals surface area (Å²) >= 11 is 5.95. The molecule has 0 aromatic heterocycles. The van der Waals surface area contributed by atoms with E-state index in [0.717, 1.165) is 12.8 Å². The lowest BCUT2D eigenvalue weighted by atomic mass is 10.1. The number of benzene rings is 1. The van der Waals surface area contributed by atoms with E-state index in [1.807, 2.05) is 0 Å². The Morgan fingerprint density at radius 3 is 2.89 bits per heavy atom. The molecule has 1 aromatic rings. The molecule has 1 aliphatic heterocycles.